The summed E-state index contributed by atoms with van der Waals surface area (Å²) in [6, 6.07) is 0. The van der Waals surface area contributed by atoms with E-state index in [1.807, 2.05) is 13.8 Å². The van der Waals surface area contributed by atoms with Crippen LogP contribution in [0.4, 0.5) is 0 Å². The molecule has 0 aliphatic carbocycles. The monoisotopic (exact) mass is 252 g/mol. The maximum Gasteiger partial charge on any atom is 0.0863 e. The van der Waals surface area contributed by atoms with Gasteiger partial charge in [-0.1, -0.05) is 6.92 Å². The van der Waals surface area contributed by atoms with E-state index in [1.165, 1.54) is 0 Å². The first kappa shape index (κ1) is 16.2. The van der Waals surface area contributed by atoms with Crippen LogP contribution in [-0.2, 0) is 9.47 Å². The standard InChI is InChI=1S/C11H24O4S/c1-9(4-12)7-16-8-11(13)6-15-10(2)5-14-3/h9-13H,4-8H2,1-3H3. The molecule has 5 heteroatoms. The van der Waals surface area contributed by atoms with Gasteiger partial charge in [0.25, 0.3) is 0 Å². The smallest absolute Gasteiger partial charge is 0.0863 e. The normalized spacial score (nSPS) is 17.1. The van der Waals surface area contributed by atoms with Gasteiger partial charge in [-0.3, -0.25) is 0 Å². The van der Waals surface area contributed by atoms with Crippen LogP contribution in [-0.4, -0.2) is 60.9 Å². The van der Waals surface area contributed by atoms with Gasteiger partial charge < -0.3 is 19.7 Å². The minimum Gasteiger partial charge on any atom is -0.396 e. The predicted octanol–water partition coefficient (Wildman–Crippen LogP) is 0.760. The quantitative estimate of drug-likeness (QED) is 0.601. The van der Waals surface area contributed by atoms with E-state index in [2.05, 4.69) is 0 Å². The Morgan fingerprint density at radius 1 is 1.19 bits per heavy atom. The Balaban J connectivity index is 3.40. The summed E-state index contributed by atoms with van der Waals surface area (Å²) in [5.41, 5.74) is 0. The molecule has 0 amide bonds. The molecule has 0 spiro atoms. The summed E-state index contributed by atoms with van der Waals surface area (Å²) in [6.45, 7) is 4.98. The molecule has 2 N–H and O–H groups in total. The minimum atomic E-state index is -0.449. The van der Waals surface area contributed by atoms with Crippen molar-refractivity contribution < 1.29 is 19.7 Å². The highest BCUT2D eigenvalue weighted by Gasteiger charge is 2.09. The number of rotatable bonds is 10. The molecule has 0 fully saturated rings. The molecular formula is C11H24O4S. The molecule has 0 saturated carbocycles. The van der Waals surface area contributed by atoms with Crippen molar-refractivity contribution in [2.45, 2.75) is 26.1 Å². The van der Waals surface area contributed by atoms with E-state index >= 15 is 0 Å². The van der Waals surface area contributed by atoms with Gasteiger partial charge in [-0.15, -0.1) is 0 Å². The first-order chi connectivity index (χ1) is 7.60. The van der Waals surface area contributed by atoms with Crippen molar-refractivity contribution in [2.75, 3.05) is 38.4 Å². The molecule has 4 nitrogen and oxygen atoms in total. The first-order valence-electron chi connectivity index (χ1n) is 5.57. The second-order valence-corrected chi connectivity index (χ2v) is 5.15. The Kier molecular flexibility index (Phi) is 10.5. The number of methoxy groups -OCH3 is 1. The fraction of sp³-hybridized carbons (Fsp3) is 1.00. The molecular weight excluding hydrogens is 228 g/mol. The third-order valence-electron chi connectivity index (χ3n) is 2.00. The van der Waals surface area contributed by atoms with Crippen LogP contribution in [0.2, 0.25) is 0 Å². The van der Waals surface area contributed by atoms with Crippen molar-refractivity contribution in [2.24, 2.45) is 5.92 Å². The fourth-order valence-corrected chi connectivity index (χ4v) is 2.08. The van der Waals surface area contributed by atoms with E-state index < -0.39 is 6.10 Å². The number of hydrogen-bond donors (Lipinski definition) is 2. The number of thioether (sulfide) groups is 1. The number of hydrogen-bond acceptors (Lipinski definition) is 5. The van der Waals surface area contributed by atoms with E-state index in [9.17, 15) is 5.11 Å². The summed E-state index contributed by atoms with van der Waals surface area (Å²) in [4.78, 5) is 0. The van der Waals surface area contributed by atoms with Crippen molar-refractivity contribution in [1.29, 1.82) is 0 Å². The summed E-state index contributed by atoms with van der Waals surface area (Å²) < 4.78 is 10.3. The maximum absolute atomic E-state index is 9.60. The van der Waals surface area contributed by atoms with Crippen molar-refractivity contribution in [3.8, 4) is 0 Å². The van der Waals surface area contributed by atoms with Crippen LogP contribution in [0.3, 0.4) is 0 Å². The van der Waals surface area contributed by atoms with Gasteiger partial charge in [0, 0.05) is 19.5 Å². The van der Waals surface area contributed by atoms with Gasteiger partial charge >= 0.3 is 0 Å². The van der Waals surface area contributed by atoms with Crippen molar-refractivity contribution in [1.82, 2.24) is 0 Å². The van der Waals surface area contributed by atoms with Gasteiger partial charge in [-0.05, 0) is 18.6 Å². The number of aliphatic hydroxyl groups excluding tert-OH is 2. The third kappa shape index (κ3) is 9.42. The predicted molar refractivity (Wildman–Crippen MR) is 66.9 cm³/mol. The van der Waals surface area contributed by atoms with Gasteiger partial charge in [0.1, 0.15) is 0 Å². The van der Waals surface area contributed by atoms with Gasteiger partial charge in [-0.25, -0.2) is 0 Å². The zero-order valence-corrected chi connectivity index (χ0v) is 11.2. The topological polar surface area (TPSA) is 58.9 Å². The van der Waals surface area contributed by atoms with Crippen molar-refractivity contribution >= 4 is 11.8 Å². The zero-order chi connectivity index (χ0) is 12.4. The molecule has 0 aromatic heterocycles. The number of ether oxygens (including phenoxy) is 2. The van der Waals surface area contributed by atoms with Gasteiger partial charge in [0.05, 0.1) is 25.4 Å². The Morgan fingerprint density at radius 3 is 2.44 bits per heavy atom. The highest BCUT2D eigenvalue weighted by atomic mass is 32.2. The fourth-order valence-electron chi connectivity index (χ4n) is 1.06. The number of aliphatic hydroxyl groups is 2. The third-order valence-corrected chi connectivity index (χ3v) is 3.42. The summed E-state index contributed by atoms with van der Waals surface area (Å²) in [7, 11) is 1.63. The molecule has 0 rings (SSSR count). The van der Waals surface area contributed by atoms with E-state index in [4.69, 9.17) is 14.6 Å². The Bertz CT molecular complexity index is 157. The van der Waals surface area contributed by atoms with Gasteiger partial charge in [0.2, 0.25) is 0 Å². The van der Waals surface area contributed by atoms with Crippen LogP contribution >= 0.6 is 11.8 Å². The minimum absolute atomic E-state index is 0.0148. The van der Waals surface area contributed by atoms with E-state index in [1.54, 1.807) is 18.9 Å². The van der Waals surface area contributed by atoms with Crippen LogP contribution in [0.1, 0.15) is 13.8 Å². The maximum atomic E-state index is 9.60. The molecule has 0 heterocycles. The summed E-state index contributed by atoms with van der Waals surface area (Å²) in [5.74, 6) is 1.79. The van der Waals surface area contributed by atoms with Gasteiger partial charge in [0.15, 0.2) is 0 Å². The molecule has 0 saturated heterocycles. The molecule has 16 heavy (non-hydrogen) atoms. The van der Waals surface area contributed by atoms with E-state index in [-0.39, 0.29) is 18.6 Å². The highest BCUT2D eigenvalue weighted by Crippen LogP contribution is 2.09. The second-order valence-electron chi connectivity index (χ2n) is 4.08. The lowest BCUT2D eigenvalue weighted by Gasteiger charge is -2.16. The lowest BCUT2D eigenvalue weighted by molar-refractivity contribution is -0.0257. The lowest BCUT2D eigenvalue weighted by Crippen LogP contribution is -2.24. The SMILES string of the molecule is COCC(C)OCC(O)CSCC(C)CO. The molecule has 98 valence electrons. The molecule has 0 aromatic carbocycles. The Hall–Kier alpha value is 0.190. The largest absolute Gasteiger partial charge is 0.396 e. The van der Waals surface area contributed by atoms with Crippen LogP contribution < -0.4 is 0 Å². The van der Waals surface area contributed by atoms with Crippen LogP contribution in [0, 0.1) is 5.92 Å². The molecule has 0 bridgehead atoms. The van der Waals surface area contributed by atoms with Crippen LogP contribution in [0.25, 0.3) is 0 Å². The van der Waals surface area contributed by atoms with Crippen molar-refractivity contribution in [3.05, 3.63) is 0 Å². The zero-order valence-electron chi connectivity index (χ0n) is 10.4. The van der Waals surface area contributed by atoms with E-state index in [0.717, 1.165) is 5.75 Å². The molecule has 0 aromatic rings. The summed E-state index contributed by atoms with van der Waals surface area (Å²) in [5, 5.41) is 18.4. The summed E-state index contributed by atoms with van der Waals surface area (Å²) in [6.07, 6.45) is -0.434. The van der Waals surface area contributed by atoms with Crippen LogP contribution in [0.15, 0.2) is 0 Å². The molecule has 0 aliphatic rings. The Labute approximate surface area is 102 Å². The van der Waals surface area contributed by atoms with E-state index in [0.29, 0.717) is 19.0 Å². The van der Waals surface area contributed by atoms with Gasteiger partial charge in [-0.2, -0.15) is 11.8 Å². The first-order valence-corrected chi connectivity index (χ1v) is 6.72. The molecule has 0 aliphatic heterocycles. The molecule has 0 radical (unpaired) electrons. The van der Waals surface area contributed by atoms with Crippen LogP contribution in [0.5, 0.6) is 0 Å². The average Bonchev–Trinajstić information content (AvgIpc) is 2.26. The van der Waals surface area contributed by atoms with Crippen molar-refractivity contribution in [3.63, 3.8) is 0 Å². The lowest BCUT2D eigenvalue weighted by atomic mass is 10.2. The second kappa shape index (κ2) is 10.4. The summed E-state index contributed by atoms with van der Waals surface area (Å²) >= 11 is 1.64. The molecule has 3 unspecified atom stereocenters. The molecule has 3 atom stereocenters. The average molecular weight is 252 g/mol. The Morgan fingerprint density at radius 2 is 1.88 bits per heavy atom. The highest BCUT2D eigenvalue weighted by molar-refractivity contribution is 7.99.